The number of aliphatic hydroxyl groups excluding tert-OH is 1. The monoisotopic (exact) mass is 856 g/mol. The molecule has 0 amide bonds. The molecule has 1 saturated heterocycles. The summed E-state index contributed by atoms with van der Waals surface area (Å²) in [6.07, 6.45) is 8.97. The minimum absolute atomic E-state index is 0.0262. The number of carbonyl (C=O) groups excluding carboxylic acids is 1. The van der Waals surface area contributed by atoms with Gasteiger partial charge in [-0.2, -0.15) is 0 Å². The second kappa shape index (κ2) is 19.3. The Bertz CT molecular complexity index is 2260. The van der Waals surface area contributed by atoms with Crippen molar-refractivity contribution in [3.63, 3.8) is 0 Å². The molecule has 2 aliphatic carbocycles. The van der Waals surface area contributed by atoms with Gasteiger partial charge in [-0.3, -0.25) is 0 Å². The number of hydrogen-bond acceptors (Lipinski definition) is 7. The van der Waals surface area contributed by atoms with E-state index in [0.29, 0.717) is 33.8 Å². The van der Waals surface area contributed by atoms with Crippen LogP contribution in [0.2, 0.25) is 5.02 Å². The second-order valence-electron chi connectivity index (χ2n) is 17.9. The highest BCUT2D eigenvalue weighted by Crippen LogP contribution is 2.48. The van der Waals surface area contributed by atoms with E-state index >= 15 is 0 Å². The third-order valence-electron chi connectivity index (χ3n) is 12.2. The van der Waals surface area contributed by atoms with Gasteiger partial charge in [0.15, 0.2) is 0 Å². The summed E-state index contributed by atoms with van der Waals surface area (Å²) in [5.41, 5.74) is 6.68. The molecule has 326 valence electrons. The van der Waals surface area contributed by atoms with E-state index in [1.54, 1.807) is 44.4 Å². The largest absolute Gasteiger partial charge is 0.497 e. The summed E-state index contributed by atoms with van der Waals surface area (Å²) >= 11 is 6.16. The predicted octanol–water partition coefficient (Wildman–Crippen LogP) is 12.9. The zero-order valence-corrected chi connectivity index (χ0v) is 38.2. The summed E-state index contributed by atoms with van der Waals surface area (Å²) in [4.78, 5) is 11.6. The molecule has 0 aromatic heterocycles. The van der Waals surface area contributed by atoms with Crippen molar-refractivity contribution in [3.8, 4) is 33.8 Å². The number of allylic oxidation sites excluding steroid dienone is 4. The van der Waals surface area contributed by atoms with Crippen molar-refractivity contribution in [1.29, 1.82) is 0 Å². The average Bonchev–Trinajstić information content (AvgIpc) is 3.83. The molecule has 4 aromatic rings. The summed E-state index contributed by atoms with van der Waals surface area (Å²) in [7, 11) is 2.93. The van der Waals surface area contributed by atoms with E-state index < -0.39 is 11.8 Å². The van der Waals surface area contributed by atoms with Gasteiger partial charge in [0.1, 0.15) is 23.1 Å². The predicted molar refractivity (Wildman–Crippen MR) is 242 cm³/mol. The van der Waals surface area contributed by atoms with E-state index in [9.17, 15) is 18.7 Å². The molecule has 1 fully saturated rings. The van der Waals surface area contributed by atoms with Crippen LogP contribution in [0.15, 0.2) is 90.4 Å². The molecule has 4 aromatic carbocycles. The molecule has 11 heteroatoms. The molecular formula is C50H60BClF2O7. The maximum absolute atomic E-state index is 14.5. The number of hydrogen-bond donors (Lipinski definition) is 1. The van der Waals surface area contributed by atoms with Gasteiger partial charge in [-0.25, -0.2) is 13.6 Å². The van der Waals surface area contributed by atoms with Crippen molar-refractivity contribution >= 4 is 30.3 Å². The Morgan fingerprint density at radius 3 is 1.72 bits per heavy atom. The Labute approximate surface area is 366 Å². The quantitative estimate of drug-likeness (QED) is 0.133. The fourth-order valence-corrected chi connectivity index (χ4v) is 8.04. The molecule has 1 heterocycles. The lowest BCUT2D eigenvalue weighted by Gasteiger charge is -2.32. The van der Waals surface area contributed by atoms with Crippen molar-refractivity contribution < 1.29 is 42.2 Å². The fraction of sp³-hybridized carbons (Fsp3) is 0.420. The molecule has 1 aliphatic heterocycles. The molecule has 0 spiro atoms. The van der Waals surface area contributed by atoms with Gasteiger partial charge in [0, 0.05) is 21.7 Å². The van der Waals surface area contributed by atoms with Crippen molar-refractivity contribution in [2.24, 2.45) is 10.8 Å². The summed E-state index contributed by atoms with van der Waals surface area (Å²) < 4.78 is 55.9. The number of methoxy groups -OCH3 is 2. The fourth-order valence-electron chi connectivity index (χ4n) is 7.76. The van der Waals surface area contributed by atoms with Crippen LogP contribution in [0.1, 0.15) is 109 Å². The van der Waals surface area contributed by atoms with Crippen LogP contribution < -0.4 is 9.47 Å². The number of esters is 1. The maximum Gasteiger partial charge on any atom is 0.490 e. The van der Waals surface area contributed by atoms with Crippen LogP contribution in [-0.2, 0) is 20.7 Å². The van der Waals surface area contributed by atoms with Crippen molar-refractivity contribution in [3.05, 3.63) is 124 Å². The number of aliphatic hydroxyl groups is 1. The van der Waals surface area contributed by atoms with Gasteiger partial charge in [0.25, 0.3) is 0 Å². The SMILES string of the molecule is CC1(C)CCC=C1B1OC(C)(C)C(C)(C)O1.CCOC(=O)c1ccc(-c2cc(OC)ccc2F)c(Cl)c1.COc1ccc(F)c(-c2ccc(CO)cc2C2=CCCC2(C)C)c1. The first kappa shape index (κ1) is 47.6. The molecule has 61 heavy (non-hydrogen) atoms. The van der Waals surface area contributed by atoms with Crippen LogP contribution in [0.5, 0.6) is 11.5 Å². The van der Waals surface area contributed by atoms with Gasteiger partial charge in [0.05, 0.1) is 44.2 Å². The van der Waals surface area contributed by atoms with Gasteiger partial charge in [0.2, 0.25) is 0 Å². The molecule has 0 atom stereocenters. The lowest BCUT2D eigenvalue weighted by Crippen LogP contribution is -2.41. The second-order valence-corrected chi connectivity index (χ2v) is 18.3. The first-order chi connectivity index (χ1) is 28.7. The summed E-state index contributed by atoms with van der Waals surface area (Å²) in [6.45, 7) is 19.4. The maximum atomic E-state index is 14.5. The Hall–Kier alpha value is -4.48. The average molecular weight is 857 g/mol. The van der Waals surface area contributed by atoms with Gasteiger partial charge >= 0.3 is 13.1 Å². The third kappa shape index (κ3) is 10.8. The van der Waals surface area contributed by atoms with E-state index in [0.717, 1.165) is 36.0 Å². The van der Waals surface area contributed by atoms with Gasteiger partial charge in [-0.15, -0.1) is 0 Å². The Kier molecular flexibility index (Phi) is 15.0. The summed E-state index contributed by atoms with van der Waals surface area (Å²) in [5, 5.41) is 9.79. The molecule has 7 nitrogen and oxygen atoms in total. The Morgan fingerprint density at radius 1 is 0.705 bits per heavy atom. The topological polar surface area (TPSA) is 83.5 Å². The molecule has 3 aliphatic rings. The van der Waals surface area contributed by atoms with Crippen molar-refractivity contribution in [2.45, 2.75) is 106 Å². The highest BCUT2D eigenvalue weighted by atomic mass is 35.5. The number of halogens is 3. The summed E-state index contributed by atoms with van der Waals surface area (Å²) in [5.74, 6) is 0.00373. The molecule has 0 saturated carbocycles. The first-order valence-corrected chi connectivity index (χ1v) is 21.2. The van der Waals surface area contributed by atoms with Crippen LogP contribution in [-0.4, -0.2) is 50.2 Å². The zero-order valence-electron chi connectivity index (χ0n) is 37.4. The molecule has 0 radical (unpaired) electrons. The smallest absolute Gasteiger partial charge is 0.490 e. The van der Waals surface area contributed by atoms with E-state index in [-0.39, 0.29) is 53.2 Å². The van der Waals surface area contributed by atoms with Crippen LogP contribution in [0.3, 0.4) is 0 Å². The van der Waals surface area contributed by atoms with Crippen LogP contribution in [0.25, 0.3) is 27.8 Å². The van der Waals surface area contributed by atoms with E-state index in [1.807, 2.05) is 18.2 Å². The third-order valence-corrected chi connectivity index (χ3v) is 12.5. The number of benzene rings is 4. The number of rotatable bonds is 9. The molecule has 7 rings (SSSR count). The zero-order chi connectivity index (χ0) is 44.9. The standard InChI is InChI=1S/C21H23FO2.C16H14ClFO3.C13H23BO2/c1-21(2)10-4-5-19(21)17-11-14(13-23)6-8-16(17)18-12-15(24-3)7-9-20(18)22;1-3-21-16(19)10-4-6-12(14(17)8-10)13-9-11(20-2)5-7-15(13)18;1-11(2)9-7-8-10(11)14-15-12(3,4)13(5,6)16-14/h5-9,11-12,23H,4,10,13H2,1-3H3;4-9H,3H2,1-2H3;8H,7,9H2,1-6H3. The normalized spacial score (nSPS) is 17.9. The first-order valence-electron chi connectivity index (χ1n) is 20.8. The highest BCUT2D eigenvalue weighted by Gasteiger charge is 2.54. The van der Waals surface area contributed by atoms with Gasteiger partial charge in [-0.1, -0.05) is 69.6 Å². The lowest BCUT2D eigenvalue weighted by molar-refractivity contribution is 0.00578. The van der Waals surface area contributed by atoms with Gasteiger partial charge in [-0.05, 0) is 153 Å². The van der Waals surface area contributed by atoms with E-state index in [1.165, 1.54) is 48.8 Å². The van der Waals surface area contributed by atoms with E-state index in [2.05, 4.69) is 67.5 Å². The van der Waals surface area contributed by atoms with Crippen molar-refractivity contribution in [1.82, 2.24) is 0 Å². The minimum Gasteiger partial charge on any atom is -0.497 e. The Morgan fingerprint density at radius 2 is 1.25 bits per heavy atom. The molecule has 0 bridgehead atoms. The molecular weight excluding hydrogens is 797 g/mol. The summed E-state index contributed by atoms with van der Waals surface area (Å²) in [6, 6.07) is 19.5. The highest BCUT2D eigenvalue weighted by molar-refractivity contribution is 6.55. The van der Waals surface area contributed by atoms with Crippen molar-refractivity contribution in [2.75, 3.05) is 20.8 Å². The van der Waals surface area contributed by atoms with Crippen LogP contribution in [0, 0.1) is 22.5 Å². The molecule has 0 unspecified atom stereocenters. The van der Waals surface area contributed by atoms with Gasteiger partial charge < -0.3 is 28.6 Å². The number of carbonyl (C=O) groups is 1. The minimum atomic E-state index is -0.461. The molecule has 1 N–H and O–H groups in total. The lowest BCUT2D eigenvalue weighted by atomic mass is 9.65. The van der Waals surface area contributed by atoms with Crippen LogP contribution >= 0.6 is 11.6 Å². The van der Waals surface area contributed by atoms with E-state index in [4.69, 9.17) is 35.1 Å². The number of ether oxygens (including phenoxy) is 3. The Balaban J connectivity index is 0.000000177. The van der Waals surface area contributed by atoms with Crippen LogP contribution in [0.4, 0.5) is 8.78 Å².